The second-order valence-electron chi connectivity index (χ2n) is 16.0. The molecule has 11 rings (SSSR count). The Balaban J connectivity index is 0.000000241. The van der Waals surface area contributed by atoms with E-state index in [0.717, 1.165) is 49.9 Å². The van der Waals surface area contributed by atoms with Crippen LogP contribution in [0.4, 0.5) is 5.69 Å². The molecule has 1 unspecified atom stereocenters. The Morgan fingerprint density at radius 3 is 1.53 bits per heavy atom. The van der Waals surface area contributed by atoms with Crippen molar-refractivity contribution in [3.8, 4) is 0 Å². The zero-order valence-electron chi connectivity index (χ0n) is 37.4. The average Bonchev–Trinajstić information content (AvgIpc) is 3.35. The maximum atomic E-state index is 5.72. The number of benzene rings is 9. The third kappa shape index (κ3) is 11.1. The first-order valence-corrected chi connectivity index (χ1v) is 21.9. The molecule has 1 heterocycles. The van der Waals surface area contributed by atoms with Crippen molar-refractivity contribution in [2.45, 2.75) is 13.0 Å². The molecule has 0 amide bonds. The third-order valence-electron chi connectivity index (χ3n) is 11.4. The number of nitrogens with zero attached hydrogens (tertiary/aromatic N) is 2. The van der Waals surface area contributed by atoms with Crippen molar-refractivity contribution in [3.05, 3.63) is 326 Å². The van der Waals surface area contributed by atoms with Gasteiger partial charge in [-0.3, -0.25) is 0 Å². The number of fused-ring (bicyclic) bond motifs is 4. The van der Waals surface area contributed by atoms with Crippen LogP contribution < -0.4 is 9.59 Å². The van der Waals surface area contributed by atoms with Crippen LogP contribution in [-0.2, 0) is 25.8 Å². The van der Waals surface area contributed by atoms with E-state index in [1.807, 2.05) is 91.0 Å². The number of rotatable bonds is 4. The molecule has 0 radical (unpaired) electrons. The van der Waals surface area contributed by atoms with Gasteiger partial charge in [0.25, 0.3) is 0 Å². The quantitative estimate of drug-likeness (QED) is 0.0725. The van der Waals surface area contributed by atoms with Gasteiger partial charge in [-0.2, -0.15) is 78.1 Å². The Labute approximate surface area is 409 Å². The van der Waals surface area contributed by atoms with Crippen molar-refractivity contribution in [3.63, 3.8) is 0 Å². The van der Waals surface area contributed by atoms with Crippen LogP contribution in [0.5, 0.6) is 0 Å². The summed E-state index contributed by atoms with van der Waals surface area (Å²) in [6.45, 7) is 18.0. The molecule has 0 bridgehead atoms. The van der Waals surface area contributed by atoms with E-state index in [1.165, 1.54) is 43.6 Å². The molecule has 66 heavy (non-hydrogen) atoms. The fourth-order valence-corrected chi connectivity index (χ4v) is 8.20. The molecule has 2 nitrogen and oxygen atoms in total. The first-order valence-electron chi connectivity index (χ1n) is 21.9. The Hall–Kier alpha value is -7.46. The molecular formula is C63H52HfN2. The van der Waals surface area contributed by atoms with E-state index in [0.29, 0.717) is 0 Å². The molecule has 0 saturated heterocycles. The molecule has 1 aliphatic rings. The first kappa shape index (κ1) is 46.5. The summed E-state index contributed by atoms with van der Waals surface area (Å²) < 4.78 is 2.10. The molecule has 0 aliphatic heterocycles. The summed E-state index contributed by atoms with van der Waals surface area (Å²) >= 11 is 0. The van der Waals surface area contributed by atoms with Gasteiger partial charge in [0.1, 0.15) is 6.72 Å². The normalized spacial score (nSPS) is 12.3. The number of allylic oxidation sites excluding steroid dienone is 2. The van der Waals surface area contributed by atoms with Gasteiger partial charge in [0.15, 0.2) is 11.0 Å². The van der Waals surface area contributed by atoms with Crippen LogP contribution in [0.15, 0.2) is 237 Å². The second kappa shape index (κ2) is 22.4. The fraction of sp³-hybridized carbons (Fsp3) is 0.0317. The van der Waals surface area contributed by atoms with Gasteiger partial charge in [0.2, 0.25) is 0 Å². The Morgan fingerprint density at radius 1 is 0.500 bits per heavy atom. The minimum Gasteiger partial charge on any atom is -0.669 e. The SMILES string of the molecule is C=[n+]1c(C([N-]c2c(C)ccc3ccccc23)c2c3ccccc3cc3ccccc23)ccc/c1=C1/C=C[CH-]c2ccccc21.[CH2-]c1ccccc1.[CH2-]c1ccccc1.[CH2-]c1ccccc1.[Hf+4]. The van der Waals surface area contributed by atoms with Gasteiger partial charge >= 0.3 is 25.8 Å². The van der Waals surface area contributed by atoms with E-state index in [1.54, 1.807) is 0 Å². The van der Waals surface area contributed by atoms with Crippen LogP contribution in [0, 0.1) is 40.8 Å². The largest absolute Gasteiger partial charge is 4.00 e. The summed E-state index contributed by atoms with van der Waals surface area (Å²) in [6, 6.07) is 76.9. The zero-order valence-corrected chi connectivity index (χ0v) is 41.0. The van der Waals surface area contributed by atoms with Crippen molar-refractivity contribution < 1.29 is 30.1 Å². The van der Waals surface area contributed by atoms with Crippen LogP contribution in [0.2, 0.25) is 0 Å². The van der Waals surface area contributed by atoms with Gasteiger partial charge in [-0.05, 0) is 68.6 Å². The summed E-state index contributed by atoms with van der Waals surface area (Å²) in [5.74, 6) is 0. The molecule has 1 aliphatic carbocycles. The number of pyridine rings is 1. The molecule has 1 atom stereocenters. The van der Waals surface area contributed by atoms with Gasteiger partial charge in [0, 0.05) is 12.1 Å². The van der Waals surface area contributed by atoms with Crippen LogP contribution in [0.3, 0.4) is 0 Å². The number of aryl methyl sites for hydroxylation is 1. The van der Waals surface area contributed by atoms with Crippen molar-refractivity contribution in [1.82, 2.24) is 0 Å². The van der Waals surface area contributed by atoms with Crippen molar-refractivity contribution in [2.75, 3.05) is 0 Å². The molecule has 318 valence electrons. The van der Waals surface area contributed by atoms with E-state index in [-0.39, 0.29) is 31.9 Å². The summed E-state index contributed by atoms with van der Waals surface area (Å²) in [6.07, 6.45) is 6.49. The predicted octanol–water partition coefficient (Wildman–Crippen LogP) is 15.1. The maximum Gasteiger partial charge on any atom is 4.00 e. The van der Waals surface area contributed by atoms with E-state index < -0.39 is 0 Å². The molecule has 0 saturated carbocycles. The summed E-state index contributed by atoms with van der Waals surface area (Å²) in [7, 11) is 0. The molecular weight excluding hydrogens is 963 g/mol. The summed E-state index contributed by atoms with van der Waals surface area (Å²) in [4.78, 5) is 0. The summed E-state index contributed by atoms with van der Waals surface area (Å²) in [5, 5.41) is 13.9. The van der Waals surface area contributed by atoms with Crippen LogP contribution in [0.25, 0.3) is 43.2 Å². The van der Waals surface area contributed by atoms with Gasteiger partial charge in [-0.25, -0.2) is 0 Å². The second-order valence-corrected chi connectivity index (χ2v) is 16.0. The van der Waals surface area contributed by atoms with Gasteiger partial charge < -0.3 is 5.32 Å². The topological polar surface area (TPSA) is 20.0 Å². The van der Waals surface area contributed by atoms with Crippen LogP contribution in [0.1, 0.15) is 50.7 Å². The van der Waals surface area contributed by atoms with Gasteiger partial charge in [-0.1, -0.05) is 126 Å². The molecule has 0 spiro atoms. The fourth-order valence-electron chi connectivity index (χ4n) is 8.20. The van der Waals surface area contributed by atoms with E-state index >= 15 is 0 Å². The maximum absolute atomic E-state index is 5.72. The molecule has 9 aromatic carbocycles. The molecule has 0 N–H and O–H groups in total. The smallest absolute Gasteiger partial charge is 0.669 e. The Bertz CT molecular complexity index is 3180. The van der Waals surface area contributed by atoms with Crippen molar-refractivity contribution in [2.24, 2.45) is 0 Å². The summed E-state index contributed by atoms with van der Waals surface area (Å²) in [5.41, 5.74) is 11.2. The molecule has 0 fully saturated rings. The van der Waals surface area contributed by atoms with Crippen molar-refractivity contribution >= 4 is 43.6 Å². The van der Waals surface area contributed by atoms with E-state index in [2.05, 4.69) is 184 Å². The molecule has 10 aromatic rings. The van der Waals surface area contributed by atoms with Crippen LogP contribution >= 0.6 is 0 Å². The van der Waals surface area contributed by atoms with Gasteiger partial charge in [-0.15, -0.1) is 78.4 Å². The molecule has 1 aromatic heterocycles. The monoisotopic (exact) mass is 1020 g/mol. The van der Waals surface area contributed by atoms with Crippen LogP contribution in [-0.4, -0.2) is 0 Å². The minimum absolute atomic E-state index is 0. The number of aromatic nitrogens is 1. The van der Waals surface area contributed by atoms with E-state index in [4.69, 9.17) is 12.0 Å². The standard InChI is InChI=1S/C42H31N2.3C7H7.Hf/c1-28-25-26-30-14-4-10-21-36(30)41(28)43-42(40-34-19-8-5-15-31(34)27-32-16-6-9-20-35(32)40)39-24-12-23-38(44(39)2)37-22-11-17-29-13-3-7-18-33(29)37;3*1-7-5-3-2-4-6-7;/h3-27,42H,2H2,1H3;3*2-6H,1H2;/q4*-1;+4/b38-37+;;;;. The molecule has 3 heteroatoms. The first-order chi connectivity index (χ1) is 31.9. The third-order valence-corrected chi connectivity index (χ3v) is 11.4. The zero-order chi connectivity index (χ0) is 45.0. The van der Waals surface area contributed by atoms with Crippen molar-refractivity contribution in [1.29, 1.82) is 0 Å². The predicted molar refractivity (Wildman–Crippen MR) is 276 cm³/mol. The van der Waals surface area contributed by atoms with E-state index in [9.17, 15) is 0 Å². The minimum atomic E-state index is -0.317. The average molecular weight is 1020 g/mol. The Morgan fingerprint density at radius 2 is 0.985 bits per heavy atom. The Kier molecular flexibility index (Phi) is 15.8. The number of hydrogen-bond donors (Lipinski definition) is 0. The number of hydrogen-bond acceptors (Lipinski definition) is 0. The van der Waals surface area contributed by atoms with Gasteiger partial charge in [0.05, 0.1) is 0 Å².